The summed E-state index contributed by atoms with van der Waals surface area (Å²) < 4.78 is 36.9. The number of carbonyl (C=O) groups is 1. The number of ether oxygens (including phenoxy) is 2. The molecule has 0 aliphatic carbocycles. The topological polar surface area (TPSA) is 81.7 Å². The molecule has 2 rings (SSSR count). The molecule has 0 atom stereocenters. The van der Waals surface area contributed by atoms with E-state index >= 15 is 0 Å². The lowest BCUT2D eigenvalue weighted by Gasteiger charge is -2.11. The highest BCUT2D eigenvalue weighted by Gasteiger charge is 2.15. The number of rotatable bonds is 6. The first kappa shape index (κ1) is 16.8. The number of benzene rings is 2. The van der Waals surface area contributed by atoms with Crippen LogP contribution in [-0.4, -0.2) is 28.1 Å². The van der Waals surface area contributed by atoms with Crippen molar-refractivity contribution in [1.29, 1.82) is 0 Å². The Balaban J connectivity index is 2.11. The van der Waals surface area contributed by atoms with Crippen molar-refractivity contribution < 1.29 is 22.7 Å². The van der Waals surface area contributed by atoms with Crippen LogP contribution in [0.5, 0.6) is 5.75 Å². The van der Waals surface area contributed by atoms with Crippen molar-refractivity contribution in [3.05, 3.63) is 54.1 Å². The molecule has 0 amide bonds. The molecule has 0 aliphatic rings. The number of carbonyl (C=O) groups excluding carboxylic acids is 1. The van der Waals surface area contributed by atoms with E-state index in [2.05, 4.69) is 9.46 Å². The molecule has 23 heavy (non-hydrogen) atoms. The number of sulfonamides is 1. The summed E-state index contributed by atoms with van der Waals surface area (Å²) in [5.74, 6) is -0.131. The summed E-state index contributed by atoms with van der Waals surface area (Å²) in [5.41, 5.74) is 1.35. The number of anilines is 1. The average Bonchev–Trinajstić information content (AvgIpc) is 2.55. The number of methoxy groups -OCH3 is 1. The van der Waals surface area contributed by atoms with E-state index in [1.54, 1.807) is 12.1 Å². The fourth-order valence-corrected chi connectivity index (χ4v) is 2.94. The van der Waals surface area contributed by atoms with Crippen molar-refractivity contribution in [3.63, 3.8) is 0 Å². The summed E-state index contributed by atoms with van der Waals surface area (Å²) in [6, 6.07) is 12.9. The first-order valence-corrected chi connectivity index (χ1v) is 8.29. The molecule has 7 heteroatoms. The summed E-state index contributed by atoms with van der Waals surface area (Å²) in [4.78, 5) is 11.1. The highest BCUT2D eigenvalue weighted by molar-refractivity contribution is 7.92. The van der Waals surface area contributed by atoms with Gasteiger partial charge in [0.2, 0.25) is 0 Å². The molecular formula is C16H17NO5S. The Kier molecular flexibility index (Phi) is 5.23. The van der Waals surface area contributed by atoms with Crippen LogP contribution in [0.2, 0.25) is 0 Å². The lowest BCUT2D eigenvalue weighted by molar-refractivity contribution is -0.142. The normalized spacial score (nSPS) is 10.9. The summed E-state index contributed by atoms with van der Waals surface area (Å²) in [7, 11) is -2.42. The van der Waals surface area contributed by atoms with Gasteiger partial charge in [-0.05, 0) is 42.8 Å². The largest absolute Gasteiger partial charge is 0.482 e. The second-order valence-corrected chi connectivity index (χ2v) is 6.44. The molecular weight excluding hydrogens is 318 g/mol. The van der Waals surface area contributed by atoms with Crippen LogP contribution >= 0.6 is 0 Å². The van der Waals surface area contributed by atoms with E-state index in [1.807, 2.05) is 19.1 Å². The predicted octanol–water partition coefficient (Wildman–Crippen LogP) is 2.35. The fraction of sp³-hybridized carbons (Fsp3) is 0.188. The number of para-hydroxylation sites is 1. The smallest absolute Gasteiger partial charge is 0.343 e. The molecule has 0 fully saturated rings. The van der Waals surface area contributed by atoms with E-state index in [1.165, 1.54) is 31.4 Å². The van der Waals surface area contributed by atoms with Gasteiger partial charge in [-0.3, -0.25) is 4.72 Å². The van der Waals surface area contributed by atoms with Crippen LogP contribution in [0.3, 0.4) is 0 Å². The van der Waals surface area contributed by atoms with Crippen molar-refractivity contribution in [1.82, 2.24) is 0 Å². The second-order valence-electron chi connectivity index (χ2n) is 4.76. The van der Waals surface area contributed by atoms with Gasteiger partial charge in [-0.1, -0.05) is 18.2 Å². The van der Waals surface area contributed by atoms with Gasteiger partial charge in [0.05, 0.1) is 17.7 Å². The van der Waals surface area contributed by atoms with Crippen LogP contribution in [0.1, 0.15) is 5.56 Å². The average molecular weight is 335 g/mol. The van der Waals surface area contributed by atoms with Crippen LogP contribution < -0.4 is 9.46 Å². The molecule has 0 saturated carbocycles. The molecule has 6 nitrogen and oxygen atoms in total. The molecule has 1 N–H and O–H groups in total. The first-order chi connectivity index (χ1) is 10.9. The third-order valence-corrected chi connectivity index (χ3v) is 4.49. The number of hydrogen-bond donors (Lipinski definition) is 1. The van der Waals surface area contributed by atoms with E-state index in [0.717, 1.165) is 5.56 Å². The van der Waals surface area contributed by atoms with Crippen LogP contribution in [0, 0.1) is 6.92 Å². The lowest BCUT2D eigenvalue weighted by Crippen LogP contribution is -2.14. The first-order valence-electron chi connectivity index (χ1n) is 6.80. The minimum Gasteiger partial charge on any atom is -0.482 e. The van der Waals surface area contributed by atoms with Gasteiger partial charge in [0.15, 0.2) is 6.61 Å². The van der Waals surface area contributed by atoms with Gasteiger partial charge in [-0.2, -0.15) is 0 Å². The second kappa shape index (κ2) is 7.15. The van der Waals surface area contributed by atoms with Crippen LogP contribution in [0.25, 0.3) is 0 Å². The Morgan fingerprint density at radius 3 is 2.35 bits per heavy atom. The predicted molar refractivity (Wildman–Crippen MR) is 85.9 cm³/mol. The van der Waals surface area contributed by atoms with E-state index in [-0.39, 0.29) is 11.5 Å². The van der Waals surface area contributed by atoms with Crippen LogP contribution in [-0.2, 0) is 19.6 Å². The zero-order chi connectivity index (χ0) is 16.9. The molecule has 122 valence electrons. The maximum atomic E-state index is 12.4. The fourth-order valence-electron chi connectivity index (χ4n) is 1.81. The Labute approximate surface area is 135 Å². The minimum atomic E-state index is -3.69. The van der Waals surface area contributed by atoms with Gasteiger partial charge in [0.25, 0.3) is 10.0 Å². The number of nitrogens with one attached hydrogen (secondary N) is 1. The van der Waals surface area contributed by atoms with E-state index in [0.29, 0.717) is 11.4 Å². The van der Waals surface area contributed by atoms with E-state index in [4.69, 9.17) is 4.74 Å². The van der Waals surface area contributed by atoms with Crippen molar-refractivity contribution in [3.8, 4) is 5.75 Å². The Morgan fingerprint density at radius 1 is 1.09 bits per heavy atom. The molecule has 0 bridgehead atoms. The van der Waals surface area contributed by atoms with Gasteiger partial charge in [0.1, 0.15) is 5.75 Å². The Morgan fingerprint density at radius 2 is 1.74 bits per heavy atom. The molecule has 2 aromatic carbocycles. The van der Waals surface area contributed by atoms with Crippen molar-refractivity contribution in [2.75, 3.05) is 18.4 Å². The monoisotopic (exact) mass is 335 g/mol. The highest BCUT2D eigenvalue weighted by Crippen LogP contribution is 2.21. The van der Waals surface area contributed by atoms with Crippen LogP contribution in [0.4, 0.5) is 5.69 Å². The number of esters is 1. The maximum absolute atomic E-state index is 12.4. The number of hydrogen-bond acceptors (Lipinski definition) is 5. The van der Waals surface area contributed by atoms with E-state index < -0.39 is 16.0 Å². The zero-order valence-corrected chi connectivity index (χ0v) is 13.6. The van der Waals surface area contributed by atoms with Crippen molar-refractivity contribution in [2.45, 2.75) is 11.8 Å². The lowest BCUT2D eigenvalue weighted by atomic mass is 10.2. The molecule has 0 spiro atoms. The van der Waals surface area contributed by atoms with Gasteiger partial charge in [0, 0.05) is 0 Å². The molecule has 0 aromatic heterocycles. The summed E-state index contributed by atoms with van der Waals surface area (Å²) in [6.07, 6.45) is 0. The third kappa shape index (κ3) is 4.46. The minimum absolute atomic E-state index is 0.103. The molecule has 0 heterocycles. The Hall–Kier alpha value is -2.54. The molecule has 2 aromatic rings. The van der Waals surface area contributed by atoms with Crippen LogP contribution in [0.15, 0.2) is 53.4 Å². The number of aryl methyl sites for hydroxylation is 1. The zero-order valence-electron chi connectivity index (χ0n) is 12.8. The van der Waals surface area contributed by atoms with Gasteiger partial charge < -0.3 is 9.47 Å². The Bertz CT molecular complexity index is 784. The molecule has 0 saturated heterocycles. The van der Waals surface area contributed by atoms with Gasteiger partial charge in [-0.25, -0.2) is 13.2 Å². The molecule has 0 radical (unpaired) electrons. The van der Waals surface area contributed by atoms with E-state index in [9.17, 15) is 13.2 Å². The summed E-state index contributed by atoms with van der Waals surface area (Å²) >= 11 is 0. The third-order valence-electron chi connectivity index (χ3n) is 3.11. The molecule has 0 unspecified atom stereocenters. The standard InChI is InChI=1S/C16H17NO5S/c1-12-5-3-4-6-15(12)17-23(19,20)14-9-7-13(8-10-14)22-11-16(18)21-2/h3-10,17H,11H2,1-2H3. The van der Waals surface area contributed by atoms with Crippen molar-refractivity contribution >= 4 is 21.7 Å². The molecule has 0 aliphatic heterocycles. The maximum Gasteiger partial charge on any atom is 0.343 e. The highest BCUT2D eigenvalue weighted by atomic mass is 32.2. The summed E-state index contributed by atoms with van der Waals surface area (Å²) in [5, 5.41) is 0. The van der Waals surface area contributed by atoms with Gasteiger partial charge >= 0.3 is 5.97 Å². The quantitative estimate of drug-likeness (QED) is 0.820. The SMILES string of the molecule is COC(=O)COc1ccc(S(=O)(=O)Nc2ccccc2C)cc1. The van der Waals surface area contributed by atoms with Gasteiger partial charge in [-0.15, -0.1) is 0 Å². The van der Waals surface area contributed by atoms with Crippen molar-refractivity contribution in [2.24, 2.45) is 0 Å². The summed E-state index contributed by atoms with van der Waals surface area (Å²) in [6.45, 7) is 1.59.